The second kappa shape index (κ2) is 8.11. The fourth-order valence-corrected chi connectivity index (χ4v) is 3.69. The molecule has 2 aliphatic heterocycles. The molecule has 0 aromatic rings. The minimum absolute atomic E-state index is 0.101. The summed E-state index contributed by atoms with van der Waals surface area (Å²) in [6.07, 6.45) is 2.37. The standard InChI is InChI=1S/C9H16N2OS.2C2H6/c1-10-5-3-4-9(7-10)11(2)6-8(12)13-9;2*1-2/h3-7H2,1-2H3;2*1-2H3. The first kappa shape index (κ1) is 16.9. The Hall–Kier alpha value is -0.0600. The smallest absolute Gasteiger partial charge is 0.204 e. The topological polar surface area (TPSA) is 23.6 Å². The van der Waals surface area contributed by atoms with E-state index in [9.17, 15) is 4.79 Å². The van der Waals surface area contributed by atoms with Crippen LogP contribution in [0.5, 0.6) is 0 Å². The number of carbonyl (C=O) groups is 1. The van der Waals surface area contributed by atoms with Crippen molar-refractivity contribution in [3.8, 4) is 0 Å². The molecule has 102 valence electrons. The lowest BCUT2D eigenvalue weighted by Gasteiger charge is -2.41. The van der Waals surface area contributed by atoms with Crippen LogP contribution in [-0.4, -0.2) is 53.5 Å². The van der Waals surface area contributed by atoms with Crippen molar-refractivity contribution in [2.24, 2.45) is 0 Å². The highest BCUT2D eigenvalue weighted by Crippen LogP contribution is 2.41. The zero-order valence-corrected chi connectivity index (χ0v) is 13.1. The van der Waals surface area contributed by atoms with E-state index < -0.39 is 0 Å². The minimum Gasteiger partial charge on any atom is -0.304 e. The summed E-state index contributed by atoms with van der Waals surface area (Å²) in [4.78, 5) is 16.0. The second-order valence-corrected chi connectivity index (χ2v) is 5.54. The van der Waals surface area contributed by atoms with E-state index in [0.29, 0.717) is 11.7 Å². The van der Waals surface area contributed by atoms with Crippen molar-refractivity contribution in [3.05, 3.63) is 0 Å². The first-order chi connectivity index (χ1) is 8.12. The van der Waals surface area contributed by atoms with E-state index in [4.69, 9.17) is 0 Å². The molecule has 0 aromatic carbocycles. The summed E-state index contributed by atoms with van der Waals surface area (Å²) >= 11 is 1.55. The molecule has 2 rings (SSSR count). The molecule has 0 bridgehead atoms. The third kappa shape index (κ3) is 4.27. The van der Waals surface area contributed by atoms with Crippen molar-refractivity contribution in [1.82, 2.24) is 9.80 Å². The predicted octanol–water partition coefficient (Wildman–Crippen LogP) is 2.67. The number of likely N-dealkylation sites (tertiary alicyclic amines) is 1. The van der Waals surface area contributed by atoms with Crippen LogP contribution in [0.15, 0.2) is 0 Å². The SMILES string of the molecule is CC.CC.CN1CCCC2(C1)SC(=O)CN2C. The highest BCUT2D eigenvalue weighted by Gasteiger charge is 2.45. The highest BCUT2D eigenvalue weighted by atomic mass is 32.2. The van der Waals surface area contributed by atoms with Crippen LogP contribution in [0, 0.1) is 0 Å². The van der Waals surface area contributed by atoms with Crippen molar-refractivity contribution in [1.29, 1.82) is 0 Å². The average molecular weight is 260 g/mol. The Morgan fingerprint density at radius 1 is 1.18 bits per heavy atom. The van der Waals surface area contributed by atoms with Crippen molar-refractivity contribution < 1.29 is 4.79 Å². The quantitative estimate of drug-likeness (QED) is 0.668. The summed E-state index contributed by atoms with van der Waals surface area (Å²) in [5.41, 5.74) is 0. The number of rotatable bonds is 0. The van der Waals surface area contributed by atoms with Gasteiger partial charge in [0.15, 0.2) is 0 Å². The van der Waals surface area contributed by atoms with E-state index in [1.54, 1.807) is 11.8 Å². The molecule has 0 amide bonds. The minimum atomic E-state index is 0.101. The van der Waals surface area contributed by atoms with Crippen LogP contribution in [0.3, 0.4) is 0 Å². The largest absolute Gasteiger partial charge is 0.304 e. The Kier molecular flexibility index (Phi) is 8.09. The monoisotopic (exact) mass is 260 g/mol. The Balaban J connectivity index is 0.000000581. The number of hydrogen-bond donors (Lipinski definition) is 0. The molecule has 0 aliphatic carbocycles. The van der Waals surface area contributed by atoms with Gasteiger partial charge in [0.05, 0.1) is 11.4 Å². The van der Waals surface area contributed by atoms with Gasteiger partial charge >= 0.3 is 0 Å². The Labute approximate surface area is 111 Å². The van der Waals surface area contributed by atoms with Crippen LogP contribution in [-0.2, 0) is 4.79 Å². The number of piperidine rings is 1. The number of likely N-dealkylation sites (N-methyl/N-ethyl adjacent to an activating group) is 2. The summed E-state index contributed by atoms with van der Waals surface area (Å²) in [5, 5.41) is 0.331. The van der Waals surface area contributed by atoms with E-state index in [2.05, 4.69) is 23.9 Å². The zero-order valence-electron chi connectivity index (χ0n) is 12.2. The molecule has 1 spiro atoms. The third-order valence-corrected chi connectivity index (χ3v) is 4.37. The molecule has 2 heterocycles. The van der Waals surface area contributed by atoms with Gasteiger partial charge in [-0.2, -0.15) is 0 Å². The molecule has 2 saturated heterocycles. The summed E-state index contributed by atoms with van der Waals surface area (Å²) in [7, 11) is 4.20. The maximum Gasteiger partial charge on any atom is 0.204 e. The Morgan fingerprint density at radius 3 is 2.18 bits per heavy atom. The van der Waals surface area contributed by atoms with E-state index in [0.717, 1.165) is 13.0 Å². The van der Waals surface area contributed by atoms with Gasteiger partial charge in [0.2, 0.25) is 5.12 Å². The molecular weight excluding hydrogens is 232 g/mol. The number of thioether (sulfide) groups is 1. The van der Waals surface area contributed by atoms with Gasteiger partial charge in [-0.05, 0) is 33.5 Å². The third-order valence-electron chi connectivity index (χ3n) is 2.99. The molecule has 1 atom stereocenters. The summed E-state index contributed by atoms with van der Waals surface area (Å²) < 4.78 is 0. The molecular formula is C13H28N2OS. The number of nitrogens with zero attached hydrogens (tertiary/aromatic N) is 2. The van der Waals surface area contributed by atoms with Crippen LogP contribution in [0.1, 0.15) is 40.5 Å². The number of hydrogen-bond acceptors (Lipinski definition) is 4. The Morgan fingerprint density at radius 2 is 1.76 bits per heavy atom. The molecule has 2 fully saturated rings. The molecule has 3 nitrogen and oxygen atoms in total. The first-order valence-corrected chi connectivity index (χ1v) is 7.56. The first-order valence-electron chi connectivity index (χ1n) is 6.74. The normalized spacial score (nSPS) is 29.4. The average Bonchev–Trinajstić information content (AvgIpc) is 2.59. The molecule has 17 heavy (non-hydrogen) atoms. The second-order valence-electron chi connectivity index (χ2n) is 4.12. The van der Waals surface area contributed by atoms with Crippen molar-refractivity contribution in [2.45, 2.75) is 45.4 Å². The van der Waals surface area contributed by atoms with Gasteiger partial charge in [-0.3, -0.25) is 9.69 Å². The van der Waals surface area contributed by atoms with Gasteiger partial charge in [0.1, 0.15) is 0 Å². The van der Waals surface area contributed by atoms with Crippen molar-refractivity contribution in [3.63, 3.8) is 0 Å². The van der Waals surface area contributed by atoms with E-state index in [-0.39, 0.29) is 4.87 Å². The molecule has 0 saturated carbocycles. The molecule has 2 aliphatic rings. The molecule has 0 aromatic heterocycles. The van der Waals surface area contributed by atoms with E-state index in [1.165, 1.54) is 13.0 Å². The van der Waals surface area contributed by atoms with Crippen molar-refractivity contribution >= 4 is 16.9 Å². The van der Waals surface area contributed by atoms with E-state index in [1.807, 2.05) is 27.7 Å². The molecule has 1 unspecified atom stereocenters. The van der Waals surface area contributed by atoms with Crippen LogP contribution in [0.4, 0.5) is 0 Å². The lowest BCUT2D eigenvalue weighted by atomic mass is 10.0. The van der Waals surface area contributed by atoms with Gasteiger partial charge in [-0.25, -0.2) is 0 Å². The lowest BCUT2D eigenvalue weighted by Crippen LogP contribution is -2.51. The predicted molar refractivity (Wildman–Crippen MR) is 77.4 cm³/mol. The van der Waals surface area contributed by atoms with Crippen LogP contribution >= 0.6 is 11.8 Å². The summed E-state index contributed by atoms with van der Waals surface area (Å²) in [6, 6.07) is 0. The van der Waals surface area contributed by atoms with Gasteiger partial charge in [0.25, 0.3) is 0 Å². The Bertz CT molecular complexity index is 235. The highest BCUT2D eigenvalue weighted by molar-refractivity contribution is 8.15. The van der Waals surface area contributed by atoms with Crippen LogP contribution in [0.2, 0.25) is 0 Å². The van der Waals surface area contributed by atoms with Gasteiger partial charge in [0, 0.05) is 6.54 Å². The molecule has 4 heteroatoms. The lowest BCUT2D eigenvalue weighted by molar-refractivity contribution is -0.111. The maximum atomic E-state index is 11.3. The van der Waals surface area contributed by atoms with Gasteiger partial charge in [-0.15, -0.1) is 0 Å². The summed E-state index contributed by atoms with van der Waals surface area (Å²) in [5.74, 6) is 0. The van der Waals surface area contributed by atoms with Crippen LogP contribution < -0.4 is 0 Å². The van der Waals surface area contributed by atoms with E-state index >= 15 is 0 Å². The zero-order chi connectivity index (χ0) is 13.5. The maximum absolute atomic E-state index is 11.3. The van der Waals surface area contributed by atoms with Crippen LogP contribution in [0.25, 0.3) is 0 Å². The van der Waals surface area contributed by atoms with Gasteiger partial charge in [-0.1, -0.05) is 39.5 Å². The molecule has 0 radical (unpaired) electrons. The fourth-order valence-electron chi connectivity index (χ4n) is 2.26. The molecule has 0 N–H and O–H groups in total. The number of carbonyl (C=O) groups excluding carboxylic acids is 1. The summed E-state index contributed by atoms with van der Waals surface area (Å²) in [6.45, 7) is 10.8. The van der Waals surface area contributed by atoms with Crippen molar-refractivity contribution in [2.75, 3.05) is 33.7 Å². The fraction of sp³-hybridized carbons (Fsp3) is 0.923. The van der Waals surface area contributed by atoms with Gasteiger partial charge < -0.3 is 4.90 Å².